The fourth-order valence-electron chi connectivity index (χ4n) is 3.23. The van der Waals surface area contributed by atoms with E-state index in [2.05, 4.69) is 60.6 Å². The molecule has 1 aliphatic heterocycles. The number of nitrogens with zero attached hydrogens (tertiary/aromatic N) is 3. The predicted molar refractivity (Wildman–Crippen MR) is 85.2 cm³/mol. The first kappa shape index (κ1) is 15.5. The molecule has 1 aromatic heterocycles. The van der Waals surface area contributed by atoms with Gasteiger partial charge in [0.2, 0.25) is 0 Å². The molecular weight excluding hydrogens is 248 g/mol. The van der Waals surface area contributed by atoms with Crippen molar-refractivity contribution in [3.05, 3.63) is 23.0 Å². The number of rotatable bonds is 5. The average Bonchev–Trinajstić information content (AvgIpc) is 2.68. The SMILES string of the molecule is CCn1c(C)cc(CNCC2CN(C)CCN2C)c1C. The van der Waals surface area contributed by atoms with Crippen molar-refractivity contribution in [2.75, 3.05) is 40.3 Å². The van der Waals surface area contributed by atoms with Crippen LogP contribution in [0.3, 0.4) is 0 Å². The zero-order chi connectivity index (χ0) is 14.7. The van der Waals surface area contributed by atoms with E-state index in [0.29, 0.717) is 6.04 Å². The maximum atomic E-state index is 3.65. The fourth-order valence-corrected chi connectivity index (χ4v) is 3.23. The third-order valence-corrected chi connectivity index (χ3v) is 4.67. The second-order valence-electron chi connectivity index (χ2n) is 6.17. The van der Waals surface area contributed by atoms with Crippen LogP contribution in [0.4, 0.5) is 0 Å². The second kappa shape index (κ2) is 6.74. The average molecular weight is 278 g/mol. The van der Waals surface area contributed by atoms with Crippen LogP contribution in [0.5, 0.6) is 0 Å². The highest BCUT2D eigenvalue weighted by Gasteiger charge is 2.21. The Morgan fingerprint density at radius 1 is 1.25 bits per heavy atom. The number of hydrogen-bond acceptors (Lipinski definition) is 3. The lowest BCUT2D eigenvalue weighted by molar-refractivity contribution is 0.113. The van der Waals surface area contributed by atoms with Crippen LogP contribution in [-0.2, 0) is 13.1 Å². The van der Waals surface area contributed by atoms with E-state index < -0.39 is 0 Å². The summed E-state index contributed by atoms with van der Waals surface area (Å²) in [5, 5.41) is 3.65. The first-order valence-electron chi connectivity index (χ1n) is 7.78. The summed E-state index contributed by atoms with van der Waals surface area (Å²) in [7, 11) is 4.46. The quantitative estimate of drug-likeness (QED) is 0.882. The highest BCUT2D eigenvalue weighted by atomic mass is 15.3. The van der Waals surface area contributed by atoms with E-state index in [1.807, 2.05) is 0 Å². The number of aryl methyl sites for hydroxylation is 1. The molecule has 114 valence electrons. The third kappa shape index (κ3) is 3.43. The molecule has 2 rings (SSSR count). The smallest absolute Gasteiger partial charge is 0.0345 e. The van der Waals surface area contributed by atoms with Crippen molar-refractivity contribution in [3.63, 3.8) is 0 Å². The molecule has 1 atom stereocenters. The summed E-state index contributed by atoms with van der Waals surface area (Å²) in [4.78, 5) is 4.90. The van der Waals surface area contributed by atoms with Crippen LogP contribution < -0.4 is 5.32 Å². The molecular formula is C16H30N4. The Labute approximate surface area is 123 Å². The molecule has 2 heterocycles. The van der Waals surface area contributed by atoms with Crippen molar-refractivity contribution < 1.29 is 0 Å². The highest BCUT2D eigenvalue weighted by Crippen LogP contribution is 2.14. The molecule has 1 saturated heterocycles. The Hall–Kier alpha value is -0.840. The van der Waals surface area contributed by atoms with Crippen LogP contribution in [0.25, 0.3) is 0 Å². The van der Waals surface area contributed by atoms with Gasteiger partial charge in [0, 0.05) is 56.7 Å². The predicted octanol–water partition coefficient (Wildman–Crippen LogP) is 1.46. The van der Waals surface area contributed by atoms with Crippen LogP contribution in [0, 0.1) is 13.8 Å². The summed E-state index contributed by atoms with van der Waals surface area (Å²) in [5.74, 6) is 0. The Morgan fingerprint density at radius 3 is 2.65 bits per heavy atom. The Balaban J connectivity index is 1.86. The van der Waals surface area contributed by atoms with Gasteiger partial charge in [-0.05, 0) is 46.5 Å². The molecule has 1 aliphatic rings. The highest BCUT2D eigenvalue weighted by molar-refractivity contribution is 5.26. The molecule has 4 heteroatoms. The standard InChI is InChI=1S/C16H30N4/c1-6-20-13(2)9-15(14(20)3)10-17-11-16-12-18(4)7-8-19(16)5/h9,16-17H,6-8,10-12H2,1-5H3. The minimum atomic E-state index is 0.628. The minimum Gasteiger partial charge on any atom is -0.349 e. The van der Waals surface area contributed by atoms with E-state index in [-0.39, 0.29) is 0 Å². The number of hydrogen-bond donors (Lipinski definition) is 1. The van der Waals surface area contributed by atoms with Crippen LogP contribution in [0.15, 0.2) is 6.07 Å². The van der Waals surface area contributed by atoms with Crippen molar-refractivity contribution in [2.45, 2.75) is 39.9 Å². The summed E-state index contributed by atoms with van der Waals surface area (Å²) in [5.41, 5.74) is 4.22. The van der Waals surface area contributed by atoms with Gasteiger partial charge < -0.3 is 14.8 Å². The maximum absolute atomic E-state index is 3.65. The number of likely N-dealkylation sites (N-methyl/N-ethyl adjacent to an activating group) is 2. The van der Waals surface area contributed by atoms with Crippen molar-refractivity contribution in [1.82, 2.24) is 19.7 Å². The van der Waals surface area contributed by atoms with Crippen LogP contribution in [-0.4, -0.2) is 60.7 Å². The lowest BCUT2D eigenvalue weighted by atomic mass is 10.1. The molecule has 0 bridgehead atoms. The van der Waals surface area contributed by atoms with Crippen LogP contribution in [0.1, 0.15) is 23.9 Å². The molecule has 1 fully saturated rings. The van der Waals surface area contributed by atoms with Gasteiger partial charge in [0.25, 0.3) is 0 Å². The van der Waals surface area contributed by atoms with Gasteiger partial charge in [0.05, 0.1) is 0 Å². The van der Waals surface area contributed by atoms with Gasteiger partial charge in [-0.3, -0.25) is 4.90 Å². The molecule has 1 unspecified atom stereocenters. The lowest BCUT2D eigenvalue weighted by Gasteiger charge is -2.37. The van der Waals surface area contributed by atoms with E-state index in [1.54, 1.807) is 0 Å². The monoisotopic (exact) mass is 278 g/mol. The van der Waals surface area contributed by atoms with E-state index in [1.165, 1.54) is 30.0 Å². The van der Waals surface area contributed by atoms with Gasteiger partial charge in [-0.25, -0.2) is 0 Å². The van der Waals surface area contributed by atoms with E-state index >= 15 is 0 Å². The number of aromatic nitrogens is 1. The molecule has 1 N–H and O–H groups in total. The summed E-state index contributed by atoms with van der Waals surface area (Å²) in [6.07, 6.45) is 0. The zero-order valence-corrected chi connectivity index (χ0v) is 13.7. The molecule has 0 spiro atoms. The van der Waals surface area contributed by atoms with Crippen LogP contribution >= 0.6 is 0 Å². The first-order valence-corrected chi connectivity index (χ1v) is 7.78. The Bertz CT molecular complexity index is 438. The van der Waals surface area contributed by atoms with Crippen molar-refractivity contribution >= 4 is 0 Å². The van der Waals surface area contributed by atoms with Crippen molar-refractivity contribution in [1.29, 1.82) is 0 Å². The summed E-state index contributed by atoms with van der Waals surface area (Å²) in [6, 6.07) is 2.95. The zero-order valence-electron chi connectivity index (χ0n) is 13.7. The van der Waals surface area contributed by atoms with E-state index in [9.17, 15) is 0 Å². The van der Waals surface area contributed by atoms with Gasteiger partial charge in [0.1, 0.15) is 0 Å². The second-order valence-corrected chi connectivity index (χ2v) is 6.17. The molecule has 1 aromatic rings. The van der Waals surface area contributed by atoms with Gasteiger partial charge in [-0.2, -0.15) is 0 Å². The van der Waals surface area contributed by atoms with Crippen molar-refractivity contribution in [2.24, 2.45) is 0 Å². The largest absolute Gasteiger partial charge is 0.349 e. The number of nitrogens with one attached hydrogen (secondary N) is 1. The molecule has 0 saturated carbocycles. The molecule has 0 aliphatic carbocycles. The molecule has 0 amide bonds. The van der Waals surface area contributed by atoms with Gasteiger partial charge in [-0.1, -0.05) is 0 Å². The molecule has 4 nitrogen and oxygen atoms in total. The number of piperazine rings is 1. The van der Waals surface area contributed by atoms with Gasteiger partial charge in [0.15, 0.2) is 0 Å². The minimum absolute atomic E-state index is 0.628. The lowest BCUT2D eigenvalue weighted by Crippen LogP contribution is -2.53. The first-order chi connectivity index (χ1) is 9.52. The Morgan fingerprint density at radius 2 is 2.00 bits per heavy atom. The topological polar surface area (TPSA) is 23.4 Å². The normalized spacial score (nSPS) is 21.6. The maximum Gasteiger partial charge on any atom is 0.0345 e. The molecule has 0 radical (unpaired) electrons. The Kier molecular flexibility index (Phi) is 5.24. The summed E-state index contributed by atoms with van der Waals surface area (Å²) in [6.45, 7) is 13.3. The summed E-state index contributed by atoms with van der Waals surface area (Å²) >= 11 is 0. The van der Waals surface area contributed by atoms with E-state index in [0.717, 1.165) is 26.2 Å². The third-order valence-electron chi connectivity index (χ3n) is 4.67. The fraction of sp³-hybridized carbons (Fsp3) is 0.750. The van der Waals surface area contributed by atoms with Crippen molar-refractivity contribution in [3.8, 4) is 0 Å². The molecule has 0 aromatic carbocycles. The summed E-state index contributed by atoms with van der Waals surface area (Å²) < 4.78 is 2.39. The van der Waals surface area contributed by atoms with E-state index in [4.69, 9.17) is 0 Å². The van der Waals surface area contributed by atoms with Gasteiger partial charge >= 0.3 is 0 Å². The van der Waals surface area contributed by atoms with Gasteiger partial charge in [-0.15, -0.1) is 0 Å². The van der Waals surface area contributed by atoms with Crippen LogP contribution in [0.2, 0.25) is 0 Å². The molecule has 20 heavy (non-hydrogen) atoms.